The van der Waals surface area contributed by atoms with Gasteiger partial charge in [-0.05, 0) is 59.4 Å². The van der Waals surface area contributed by atoms with E-state index in [1.807, 2.05) is 60.7 Å². The molecule has 0 radical (unpaired) electrons. The number of esters is 2. The minimum atomic E-state index is -0.297. The van der Waals surface area contributed by atoms with Crippen molar-refractivity contribution in [1.82, 2.24) is 0 Å². The lowest BCUT2D eigenvalue weighted by atomic mass is 9.92. The Kier molecular flexibility index (Phi) is 16.3. The van der Waals surface area contributed by atoms with Gasteiger partial charge < -0.3 is 9.47 Å². The molecule has 3 rings (SSSR count). The number of rotatable bonds is 21. The Hall–Kier alpha value is -3.40. The van der Waals surface area contributed by atoms with Gasteiger partial charge >= 0.3 is 11.9 Å². The molecule has 4 nitrogen and oxygen atoms in total. The summed E-state index contributed by atoms with van der Waals surface area (Å²) >= 11 is 0. The zero-order valence-electron chi connectivity index (χ0n) is 26.6. The second kappa shape index (κ2) is 20.5. The molecular formula is C39H52O4. The summed E-state index contributed by atoms with van der Waals surface area (Å²) in [7, 11) is 0. The lowest BCUT2D eigenvalue weighted by Crippen LogP contribution is -2.07. The highest BCUT2D eigenvalue weighted by atomic mass is 16.5. The number of hydrogen-bond donors (Lipinski definition) is 0. The van der Waals surface area contributed by atoms with Gasteiger partial charge in [-0.25, -0.2) is 9.59 Å². The van der Waals surface area contributed by atoms with Gasteiger partial charge in [0.15, 0.2) is 0 Å². The molecule has 0 heterocycles. The van der Waals surface area contributed by atoms with Crippen molar-refractivity contribution in [3.63, 3.8) is 0 Å². The van der Waals surface area contributed by atoms with Crippen molar-refractivity contribution in [2.45, 2.75) is 110 Å². The molecule has 0 aliphatic carbocycles. The minimum Gasteiger partial charge on any atom is -0.462 e. The fourth-order valence-corrected chi connectivity index (χ4v) is 5.36. The molecule has 0 aliphatic rings. The third kappa shape index (κ3) is 12.4. The molecule has 3 aromatic carbocycles. The van der Waals surface area contributed by atoms with E-state index >= 15 is 0 Å². The van der Waals surface area contributed by atoms with Crippen LogP contribution in [-0.2, 0) is 9.47 Å². The molecule has 232 valence electrons. The first-order valence-electron chi connectivity index (χ1n) is 16.8. The van der Waals surface area contributed by atoms with Crippen molar-refractivity contribution >= 4 is 11.9 Å². The van der Waals surface area contributed by atoms with Crippen molar-refractivity contribution in [3.8, 4) is 22.3 Å². The van der Waals surface area contributed by atoms with Gasteiger partial charge in [-0.1, -0.05) is 146 Å². The number of ether oxygens (including phenoxy) is 2. The van der Waals surface area contributed by atoms with Crippen LogP contribution >= 0.6 is 0 Å². The van der Waals surface area contributed by atoms with Crippen molar-refractivity contribution in [3.05, 3.63) is 83.9 Å². The summed E-state index contributed by atoms with van der Waals surface area (Å²) in [6.45, 7) is 5.36. The molecule has 0 amide bonds. The maximum Gasteiger partial charge on any atom is 0.338 e. The van der Waals surface area contributed by atoms with E-state index in [2.05, 4.69) is 26.0 Å². The van der Waals surface area contributed by atoms with Gasteiger partial charge in [0, 0.05) is 0 Å². The lowest BCUT2D eigenvalue weighted by molar-refractivity contribution is 0.0488. The van der Waals surface area contributed by atoms with Gasteiger partial charge in [0.25, 0.3) is 0 Å². The van der Waals surface area contributed by atoms with Crippen molar-refractivity contribution in [1.29, 1.82) is 0 Å². The Balaban J connectivity index is 1.59. The standard InChI is InChI=1S/C39H52O4/c1-3-5-7-9-11-13-15-20-30-43-39(41)35-27-28-36(32-21-17-16-18-22-32)37(31-35)33-23-25-34(26-24-33)38(40)42-29-19-14-12-10-8-6-4-2/h16-18,21-28,31H,3-15,19-20,29-30H2,1-2H3. The van der Waals surface area contributed by atoms with Gasteiger partial charge in [0.05, 0.1) is 24.3 Å². The molecule has 0 saturated carbocycles. The van der Waals surface area contributed by atoms with E-state index in [0.717, 1.165) is 47.9 Å². The summed E-state index contributed by atoms with van der Waals surface area (Å²) in [6, 6.07) is 23.4. The predicted molar refractivity (Wildman–Crippen MR) is 178 cm³/mol. The highest BCUT2D eigenvalue weighted by Gasteiger charge is 2.15. The normalized spacial score (nSPS) is 10.9. The molecule has 0 N–H and O–H groups in total. The van der Waals surface area contributed by atoms with Crippen LogP contribution in [-0.4, -0.2) is 25.2 Å². The zero-order valence-corrected chi connectivity index (χ0v) is 26.6. The second-order valence-electron chi connectivity index (χ2n) is 11.6. The number of carbonyl (C=O) groups excluding carboxylic acids is 2. The molecule has 0 bridgehead atoms. The predicted octanol–water partition coefficient (Wildman–Crippen LogP) is 11.2. The molecule has 0 aromatic heterocycles. The van der Waals surface area contributed by atoms with Crippen LogP contribution < -0.4 is 0 Å². The fourth-order valence-electron chi connectivity index (χ4n) is 5.36. The molecule has 43 heavy (non-hydrogen) atoms. The van der Waals surface area contributed by atoms with Gasteiger partial charge in [0.1, 0.15) is 0 Å². The van der Waals surface area contributed by atoms with Crippen LogP contribution in [0.2, 0.25) is 0 Å². The highest BCUT2D eigenvalue weighted by Crippen LogP contribution is 2.33. The average Bonchev–Trinajstić information content (AvgIpc) is 3.05. The maximum absolute atomic E-state index is 13.0. The molecule has 0 atom stereocenters. The lowest BCUT2D eigenvalue weighted by Gasteiger charge is -2.13. The van der Waals surface area contributed by atoms with Crippen LogP contribution in [0.3, 0.4) is 0 Å². The number of hydrogen-bond acceptors (Lipinski definition) is 4. The average molecular weight is 585 g/mol. The molecule has 4 heteroatoms. The van der Waals surface area contributed by atoms with E-state index in [-0.39, 0.29) is 11.9 Å². The van der Waals surface area contributed by atoms with E-state index in [1.54, 1.807) is 0 Å². The summed E-state index contributed by atoms with van der Waals surface area (Å²) in [5.41, 5.74) is 5.02. The molecule has 0 aliphatic heterocycles. The number of benzene rings is 3. The molecule has 0 fully saturated rings. The van der Waals surface area contributed by atoms with Crippen LogP contribution in [0.5, 0.6) is 0 Å². The van der Waals surface area contributed by atoms with Crippen LogP contribution in [0.15, 0.2) is 72.8 Å². The topological polar surface area (TPSA) is 52.6 Å². The largest absolute Gasteiger partial charge is 0.462 e. The second-order valence-corrected chi connectivity index (χ2v) is 11.6. The van der Waals surface area contributed by atoms with E-state index in [0.29, 0.717) is 24.3 Å². The monoisotopic (exact) mass is 584 g/mol. The molecule has 3 aromatic rings. The first kappa shape index (κ1) is 34.1. The summed E-state index contributed by atoms with van der Waals surface area (Å²) in [4.78, 5) is 25.6. The number of carbonyl (C=O) groups is 2. The van der Waals surface area contributed by atoms with Crippen LogP contribution in [0.4, 0.5) is 0 Å². The van der Waals surface area contributed by atoms with Crippen LogP contribution in [0.25, 0.3) is 22.3 Å². The molecule has 0 saturated heterocycles. The van der Waals surface area contributed by atoms with Crippen LogP contribution in [0, 0.1) is 0 Å². The van der Waals surface area contributed by atoms with Gasteiger partial charge in [-0.3, -0.25) is 0 Å². The Morgan fingerprint density at radius 3 is 1.44 bits per heavy atom. The third-order valence-corrected chi connectivity index (χ3v) is 7.98. The Morgan fingerprint density at radius 2 is 0.907 bits per heavy atom. The maximum atomic E-state index is 13.0. The summed E-state index contributed by atoms with van der Waals surface area (Å²) in [5.74, 6) is -0.589. The Bertz CT molecular complexity index is 1200. The minimum absolute atomic E-state index is 0.292. The summed E-state index contributed by atoms with van der Waals surface area (Å²) in [5, 5.41) is 0. The van der Waals surface area contributed by atoms with E-state index < -0.39 is 0 Å². The first-order valence-corrected chi connectivity index (χ1v) is 16.8. The highest BCUT2D eigenvalue weighted by molar-refractivity contribution is 5.95. The molecule has 0 spiro atoms. The molecular weight excluding hydrogens is 532 g/mol. The van der Waals surface area contributed by atoms with Crippen molar-refractivity contribution in [2.24, 2.45) is 0 Å². The van der Waals surface area contributed by atoms with E-state index in [4.69, 9.17) is 9.47 Å². The van der Waals surface area contributed by atoms with Gasteiger partial charge in [0.2, 0.25) is 0 Å². The van der Waals surface area contributed by atoms with Gasteiger partial charge in [-0.15, -0.1) is 0 Å². The quantitative estimate of drug-likeness (QED) is 0.0923. The zero-order chi connectivity index (χ0) is 30.5. The summed E-state index contributed by atoms with van der Waals surface area (Å²) in [6.07, 6.45) is 17.9. The van der Waals surface area contributed by atoms with E-state index in [9.17, 15) is 9.59 Å². The fraction of sp³-hybridized carbons (Fsp3) is 0.487. The van der Waals surface area contributed by atoms with Crippen LogP contribution in [0.1, 0.15) is 131 Å². The SMILES string of the molecule is CCCCCCCCCCOC(=O)c1ccc(-c2ccccc2)c(-c2ccc(C(=O)OCCCCCCCCC)cc2)c1. The smallest absolute Gasteiger partial charge is 0.338 e. The Labute approximate surface area is 260 Å². The van der Waals surface area contributed by atoms with Gasteiger partial charge in [-0.2, -0.15) is 0 Å². The van der Waals surface area contributed by atoms with Crippen molar-refractivity contribution < 1.29 is 19.1 Å². The molecule has 0 unspecified atom stereocenters. The van der Waals surface area contributed by atoms with Crippen molar-refractivity contribution in [2.75, 3.05) is 13.2 Å². The Morgan fingerprint density at radius 1 is 0.465 bits per heavy atom. The van der Waals surface area contributed by atoms with E-state index in [1.165, 1.54) is 70.6 Å². The summed E-state index contributed by atoms with van der Waals surface area (Å²) < 4.78 is 11.2. The third-order valence-electron chi connectivity index (χ3n) is 7.98. The number of unbranched alkanes of at least 4 members (excludes halogenated alkanes) is 13. The first-order chi connectivity index (χ1) is 21.1.